The van der Waals surface area contributed by atoms with E-state index in [1.165, 1.54) is 0 Å². The lowest BCUT2D eigenvalue weighted by molar-refractivity contribution is -0.116. The minimum atomic E-state index is 0.132. The van der Waals surface area contributed by atoms with Gasteiger partial charge in [0.15, 0.2) is 0 Å². The van der Waals surface area contributed by atoms with Gasteiger partial charge in [0.25, 0.3) is 0 Å². The van der Waals surface area contributed by atoms with Crippen molar-refractivity contribution in [3.63, 3.8) is 0 Å². The van der Waals surface area contributed by atoms with E-state index in [2.05, 4.69) is 0 Å². The molecule has 0 aliphatic carbocycles. The van der Waals surface area contributed by atoms with Gasteiger partial charge < -0.3 is 0 Å². The SMILES string of the molecule is CC(=O)Cc1cc2ccccc2cc1Cl. The molecule has 0 aliphatic heterocycles. The van der Waals surface area contributed by atoms with Crippen molar-refractivity contribution in [1.29, 1.82) is 0 Å². The maximum atomic E-state index is 11.0. The van der Waals surface area contributed by atoms with Crippen molar-refractivity contribution in [3.05, 3.63) is 47.0 Å². The summed E-state index contributed by atoms with van der Waals surface area (Å²) in [6.45, 7) is 1.57. The zero-order valence-corrected chi connectivity index (χ0v) is 9.21. The quantitative estimate of drug-likeness (QED) is 0.753. The van der Waals surface area contributed by atoms with Crippen molar-refractivity contribution in [2.24, 2.45) is 0 Å². The highest BCUT2D eigenvalue weighted by Gasteiger charge is 2.04. The van der Waals surface area contributed by atoms with Gasteiger partial charge in [0.1, 0.15) is 5.78 Å². The highest BCUT2D eigenvalue weighted by Crippen LogP contribution is 2.24. The molecule has 0 radical (unpaired) electrons. The van der Waals surface area contributed by atoms with E-state index in [-0.39, 0.29) is 5.78 Å². The molecule has 0 saturated carbocycles. The van der Waals surface area contributed by atoms with Gasteiger partial charge in [-0.3, -0.25) is 4.79 Å². The molecule has 0 bridgehead atoms. The average Bonchev–Trinajstić information content (AvgIpc) is 2.18. The van der Waals surface area contributed by atoms with Crippen LogP contribution in [0, 0.1) is 0 Å². The average molecular weight is 219 g/mol. The molecule has 0 spiro atoms. The van der Waals surface area contributed by atoms with Crippen molar-refractivity contribution in [3.8, 4) is 0 Å². The molecule has 0 amide bonds. The van der Waals surface area contributed by atoms with Crippen LogP contribution in [-0.2, 0) is 11.2 Å². The van der Waals surface area contributed by atoms with E-state index in [0.717, 1.165) is 16.3 Å². The number of hydrogen-bond donors (Lipinski definition) is 0. The first kappa shape index (κ1) is 10.2. The predicted molar refractivity (Wildman–Crippen MR) is 63.3 cm³/mol. The zero-order chi connectivity index (χ0) is 10.8. The number of carbonyl (C=O) groups is 1. The number of rotatable bonds is 2. The minimum absolute atomic E-state index is 0.132. The van der Waals surface area contributed by atoms with Gasteiger partial charge >= 0.3 is 0 Å². The summed E-state index contributed by atoms with van der Waals surface area (Å²) < 4.78 is 0. The molecule has 15 heavy (non-hydrogen) atoms. The second kappa shape index (κ2) is 4.03. The number of fused-ring (bicyclic) bond motifs is 1. The Kier molecular flexibility index (Phi) is 2.74. The molecule has 2 aromatic carbocycles. The van der Waals surface area contributed by atoms with E-state index in [1.807, 2.05) is 36.4 Å². The van der Waals surface area contributed by atoms with Crippen LogP contribution in [0.5, 0.6) is 0 Å². The van der Waals surface area contributed by atoms with Crippen molar-refractivity contribution in [2.45, 2.75) is 13.3 Å². The third kappa shape index (κ3) is 2.18. The maximum Gasteiger partial charge on any atom is 0.134 e. The van der Waals surface area contributed by atoms with Crippen molar-refractivity contribution < 1.29 is 4.79 Å². The fourth-order valence-corrected chi connectivity index (χ4v) is 1.90. The standard InChI is InChI=1S/C13H11ClO/c1-9(15)6-12-7-10-4-2-3-5-11(10)8-13(12)14/h2-5,7-8H,6H2,1H3. The van der Waals surface area contributed by atoms with Gasteiger partial charge in [-0.2, -0.15) is 0 Å². The van der Waals surface area contributed by atoms with Gasteiger partial charge in [-0.05, 0) is 35.4 Å². The first-order valence-corrected chi connectivity index (χ1v) is 5.21. The van der Waals surface area contributed by atoms with Crippen LogP contribution in [0.1, 0.15) is 12.5 Å². The van der Waals surface area contributed by atoms with Crippen LogP contribution in [0.2, 0.25) is 5.02 Å². The van der Waals surface area contributed by atoms with E-state index in [0.29, 0.717) is 11.4 Å². The Morgan fingerprint density at radius 3 is 2.40 bits per heavy atom. The molecule has 2 aromatic rings. The Hall–Kier alpha value is -1.34. The second-order valence-corrected chi connectivity index (χ2v) is 4.08. The highest BCUT2D eigenvalue weighted by molar-refractivity contribution is 6.32. The van der Waals surface area contributed by atoms with Crippen LogP contribution in [0.4, 0.5) is 0 Å². The molecule has 0 heterocycles. The zero-order valence-electron chi connectivity index (χ0n) is 8.46. The third-order valence-electron chi connectivity index (χ3n) is 2.35. The molecule has 76 valence electrons. The monoisotopic (exact) mass is 218 g/mol. The number of halogens is 1. The van der Waals surface area contributed by atoms with Gasteiger partial charge in [-0.15, -0.1) is 0 Å². The number of Topliss-reactive ketones (excluding diaryl/α,β-unsaturated/α-hetero) is 1. The smallest absolute Gasteiger partial charge is 0.134 e. The van der Waals surface area contributed by atoms with Gasteiger partial charge in [0, 0.05) is 11.4 Å². The van der Waals surface area contributed by atoms with Crippen LogP contribution in [0.15, 0.2) is 36.4 Å². The minimum Gasteiger partial charge on any atom is -0.300 e. The number of hydrogen-bond acceptors (Lipinski definition) is 1. The lowest BCUT2D eigenvalue weighted by Gasteiger charge is -2.04. The van der Waals surface area contributed by atoms with E-state index in [9.17, 15) is 4.79 Å². The molecule has 0 atom stereocenters. The highest BCUT2D eigenvalue weighted by atomic mass is 35.5. The van der Waals surface area contributed by atoms with Gasteiger partial charge in [0.2, 0.25) is 0 Å². The molecule has 0 unspecified atom stereocenters. The summed E-state index contributed by atoms with van der Waals surface area (Å²) in [5.74, 6) is 0.132. The Labute approximate surface area is 93.7 Å². The van der Waals surface area contributed by atoms with Crippen molar-refractivity contribution >= 4 is 28.2 Å². The summed E-state index contributed by atoms with van der Waals surface area (Å²) in [6, 6.07) is 11.9. The van der Waals surface area contributed by atoms with E-state index in [1.54, 1.807) is 6.92 Å². The van der Waals surface area contributed by atoms with E-state index >= 15 is 0 Å². The molecule has 0 aliphatic rings. The molecular weight excluding hydrogens is 208 g/mol. The number of benzene rings is 2. The first-order valence-electron chi connectivity index (χ1n) is 4.83. The van der Waals surface area contributed by atoms with Crippen LogP contribution in [0.3, 0.4) is 0 Å². The van der Waals surface area contributed by atoms with Crippen LogP contribution < -0.4 is 0 Å². The van der Waals surface area contributed by atoms with Crippen LogP contribution in [0.25, 0.3) is 10.8 Å². The van der Waals surface area contributed by atoms with Gasteiger partial charge in [-0.25, -0.2) is 0 Å². The molecule has 2 rings (SSSR count). The lowest BCUT2D eigenvalue weighted by Crippen LogP contribution is -1.97. The molecular formula is C13H11ClO. The van der Waals surface area contributed by atoms with Crippen LogP contribution in [-0.4, -0.2) is 5.78 Å². The summed E-state index contributed by atoms with van der Waals surface area (Å²) in [4.78, 5) is 11.0. The van der Waals surface area contributed by atoms with Crippen molar-refractivity contribution in [2.75, 3.05) is 0 Å². The maximum absolute atomic E-state index is 11.0. The molecule has 0 aromatic heterocycles. The van der Waals surface area contributed by atoms with Gasteiger partial charge in [0.05, 0.1) is 0 Å². The summed E-state index contributed by atoms with van der Waals surface area (Å²) in [7, 11) is 0. The topological polar surface area (TPSA) is 17.1 Å². The first-order chi connectivity index (χ1) is 7.16. The fraction of sp³-hybridized carbons (Fsp3) is 0.154. The number of carbonyl (C=O) groups excluding carboxylic acids is 1. The molecule has 0 N–H and O–H groups in total. The number of ketones is 1. The summed E-state index contributed by atoms with van der Waals surface area (Å²) in [5.41, 5.74) is 0.905. The summed E-state index contributed by atoms with van der Waals surface area (Å²) >= 11 is 6.10. The normalized spacial score (nSPS) is 10.5. The van der Waals surface area contributed by atoms with Crippen molar-refractivity contribution in [1.82, 2.24) is 0 Å². The fourth-order valence-electron chi connectivity index (χ4n) is 1.66. The largest absolute Gasteiger partial charge is 0.300 e. The van der Waals surface area contributed by atoms with E-state index in [4.69, 9.17) is 11.6 Å². The lowest BCUT2D eigenvalue weighted by atomic mass is 10.0. The molecule has 2 heteroatoms. The Bertz CT molecular complexity index is 517. The Balaban J connectivity index is 2.56. The second-order valence-electron chi connectivity index (χ2n) is 3.67. The van der Waals surface area contributed by atoms with Crippen LogP contribution >= 0.6 is 11.6 Å². The summed E-state index contributed by atoms with van der Waals surface area (Å²) in [5, 5.41) is 2.90. The molecule has 0 fully saturated rings. The van der Waals surface area contributed by atoms with Gasteiger partial charge in [-0.1, -0.05) is 35.9 Å². The Morgan fingerprint density at radius 2 is 1.80 bits per heavy atom. The molecule has 0 saturated heterocycles. The summed E-state index contributed by atoms with van der Waals surface area (Å²) in [6.07, 6.45) is 0.406. The third-order valence-corrected chi connectivity index (χ3v) is 2.71. The predicted octanol–water partition coefficient (Wildman–Crippen LogP) is 3.62. The van der Waals surface area contributed by atoms with E-state index < -0.39 is 0 Å². The Morgan fingerprint density at radius 1 is 1.20 bits per heavy atom. The molecule has 1 nitrogen and oxygen atoms in total.